The number of aromatic hydroxyl groups is 1. The van der Waals surface area contributed by atoms with Crippen molar-refractivity contribution in [1.82, 2.24) is 40.7 Å². The van der Waals surface area contributed by atoms with E-state index >= 15 is 4.39 Å². The van der Waals surface area contributed by atoms with Gasteiger partial charge in [0.1, 0.15) is 17.6 Å². The highest BCUT2D eigenvalue weighted by Crippen LogP contribution is 2.47. The third-order valence-corrected chi connectivity index (χ3v) is 7.51. The highest BCUT2D eigenvalue weighted by Gasteiger charge is 2.58. The van der Waals surface area contributed by atoms with Crippen LogP contribution in [0.3, 0.4) is 0 Å². The summed E-state index contributed by atoms with van der Waals surface area (Å²) in [5.74, 6) is 0.891. The number of phenols is 1. The van der Waals surface area contributed by atoms with E-state index in [9.17, 15) is 5.11 Å². The van der Waals surface area contributed by atoms with E-state index in [1.165, 1.54) is 4.80 Å². The summed E-state index contributed by atoms with van der Waals surface area (Å²) in [5.41, 5.74) is 0.984. The minimum atomic E-state index is -1.02. The summed E-state index contributed by atoms with van der Waals surface area (Å²) in [6.45, 7) is 4.18. The van der Waals surface area contributed by atoms with Crippen LogP contribution < -0.4 is 10.2 Å². The number of tetrazole rings is 1. The fraction of sp³-hybridized carbons (Fsp3) is 0.565. The molecule has 1 aliphatic carbocycles. The van der Waals surface area contributed by atoms with Crippen molar-refractivity contribution >= 4 is 5.95 Å². The first-order valence-electron chi connectivity index (χ1n) is 11.7. The summed E-state index contributed by atoms with van der Waals surface area (Å²) in [7, 11) is 1.68. The van der Waals surface area contributed by atoms with Crippen molar-refractivity contribution in [2.75, 3.05) is 4.90 Å². The molecule has 2 aromatic heterocycles. The van der Waals surface area contributed by atoms with Gasteiger partial charge >= 0.3 is 0 Å². The summed E-state index contributed by atoms with van der Waals surface area (Å²) < 4.78 is 15.8. The third-order valence-electron chi connectivity index (χ3n) is 7.51. The summed E-state index contributed by atoms with van der Waals surface area (Å²) >= 11 is 0. The highest BCUT2D eigenvalue weighted by molar-refractivity contribution is 5.71. The molecule has 11 heteroatoms. The smallest absolute Gasteiger partial charge is 0.245 e. The Kier molecular flexibility index (Phi) is 4.64. The van der Waals surface area contributed by atoms with Gasteiger partial charge in [0.05, 0.1) is 19.3 Å². The molecule has 2 bridgehead atoms. The minimum Gasteiger partial charge on any atom is -0.507 e. The molecule has 1 aromatic carbocycles. The van der Waals surface area contributed by atoms with E-state index < -0.39 is 11.7 Å². The third kappa shape index (κ3) is 3.49. The van der Waals surface area contributed by atoms with Gasteiger partial charge < -0.3 is 15.3 Å². The van der Waals surface area contributed by atoms with Crippen LogP contribution in [0.25, 0.3) is 22.6 Å². The molecule has 2 saturated heterocycles. The van der Waals surface area contributed by atoms with E-state index in [0.29, 0.717) is 35.0 Å². The lowest BCUT2D eigenvalue weighted by molar-refractivity contribution is 0.0828. The maximum absolute atomic E-state index is 15.8. The molecule has 3 aliphatic rings. The average molecular weight is 466 g/mol. The second kappa shape index (κ2) is 7.39. The van der Waals surface area contributed by atoms with Crippen molar-refractivity contribution in [3.63, 3.8) is 0 Å². The van der Waals surface area contributed by atoms with Gasteiger partial charge in [-0.1, -0.05) is 6.07 Å². The molecule has 4 heterocycles. The van der Waals surface area contributed by atoms with Crippen molar-refractivity contribution in [1.29, 1.82) is 0 Å². The molecule has 2 N–H and O–H groups in total. The quantitative estimate of drug-likeness (QED) is 0.586. The van der Waals surface area contributed by atoms with Crippen molar-refractivity contribution < 1.29 is 9.50 Å². The maximum Gasteiger partial charge on any atom is 0.245 e. The molecule has 0 radical (unpaired) electrons. The predicted octanol–water partition coefficient (Wildman–Crippen LogP) is 2.41. The predicted molar refractivity (Wildman–Crippen MR) is 123 cm³/mol. The minimum absolute atomic E-state index is 0.0208. The number of halogens is 1. The largest absolute Gasteiger partial charge is 0.507 e. The number of hydrogen-bond acceptors (Lipinski definition) is 9. The molecule has 0 spiro atoms. The van der Waals surface area contributed by atoms with Crippen molar-refractivity contribution in [3.05, 3.63) is 24.4 Å². The van der Waals surface area contributed by atoms with Gasteiger partial charge in [0, 0.05) is 28.2 Å². The number of aryl methyl sites for hydroxylation is 1. The van der Waals surface area contributed by atoms with Crippen LogP contribution >= 0.6 is 0 Å². The fourth-order valence-electron chi connectivity index (χ4n) is 5.67. The number of piperidine rings is 1. The van der Waals surface area contributed by atoms with E-state index in [2.05, 4.69) is 47.7 Å². The molecule has 0 amide bonds. The number of aromatic nitrogens is 7. The summed E-state index contributed by atoms with van der Waals surface area (Å²) in [5, 5.41) is 34.8. The molecule has 178 valence electrons. The number of fused-ring (bicyclic) bond motifs is 2. The number of phenolic OH excluding ortho intramolecular Hbond substituents is 1. The Morgan fingerprint density at radius 1 is 1.18 bits per heavy atom. The zero-order valence-corrected chi connectivity index (χ0v) is 19.5. The van der Waals surface area contributed by atoms with Crippen molar-refractivity contribution in [2.24, 2.45) is 7.05 Å². The van der Waals surface area contributed by atoms with E-state index in [1.54, 1.807) is 31.4 Å². The Morgan fingerprint density at radius 2 is 2.00 bits per heavy atom. The summed E-state index contributed by atoms with van der Waals surface area (Å²) in [6.07, 6.45) is 5.11. The van der Waals surface area contributed by atoms with E-state index in [0.717, 1.165) is 25.7 Å². The van der Waals surface area contributed by atoms with Gasteiger partial charge in [-0.15, -0.1) is 20.4 Å². The molecule has 0 unspecified atom stereocenters. The lowest BCUT2D eigenvalue weighted by Crippen LogP contribution is -2.66. The second-order valence-electron chi connectivity index (χ2n) is 10.4. The van der Waals surface area contributed by atoms with Gasteiger partial charge in [-0.3, -0.25) is 0 Å². The van der Waals surface area contributed by atoms with E-state index in [1.807, 2.05) is 6.92 Å². The first kappa shape index (κ1) is 21.3. The Hall–Kier alpha value is -3.21. The molecule has 3 fully saturated rings. The van der Waals surface area contributed by atoms with E-state index in [4.69, 9.17) is 0 Å². The highest BCUT2D eigenvalue weighted by atomic mass is 19.1. The summed E-state index contributed by atoms with van der Waals surface area (Å²) in [4.78, 5) is 8.00. The Balaban J connectivity index is 1.28. The summed E-state index contributed by atoms with van der Waals surface area (Å²) in [6, 6.07) is 5.05. The SMILES string of the molecule is Cn1nnc(-c2ccc(-c3cnc(N(C4CC4)[C@@H]4C[C@@]5(C)CC[C@](C)(N5)[C@@H]4F)nn3)c(O)c2)n1. The zero-order valence-electron chi connectivity index (χ0n) is 19.5. The lowest BCUT2D eigenvalue weighted by Gasteiger charge is -2.48. The number of rotatable bonds is 5. The van der Waals surface area contributed by atoms with E-state index in [-0.39, 0.29) is 23.4 Å². The Labute approximate surface area is 196 Å². The van der Waals surface area contributed by atoms with Crippen LogP contribution in [-0.2, 0) is 7.05 Å². The molecule has 10 nitrogen and oxygen atoms in total. The first-order valence-corrected chi connectivity index (χ1v) is 11.7. The lowest BCUT2D eigenvalue weighted by atomic mass is 9.82. The molecule has 34 heavy (non-hydrogen) atoms. The van der Waals surface area contributed by atoms with Crippen LogP contribution in [0.1, 0.15) is 46.0 Å². The van der Waals surface area contributed by atoms with Gasteiger partial charge in [-0.25, -0.2) is 9.37 Å². The fourth-order valence-corrected chi connectivity index (χ4v) is 5.67. The monoisotopic (exact) mass is 465 g/mol. The molecule has 6 rings (SSSR count). The van der Waals surface area contributed by atoms with Crippen molar-refractivity contribution in [3.8, 4) is 28.4 Å². The molecule has 4 atom stereocenters. The van der Waals surface area contributed by atoms with Crippen LogP contribution in [0.2, 0.25) is 0 Å². The molecule has 3 aromatic rings. The van der Waals surface area contributed by atoms with Crippen molar-refractivity contribution in [2.45, 2.75) is 75.3 Å². The van der Waals surface area contributed by atoms with Gasteiger partial charge in [-0.05, 0) is 63.3 Å². The van der Waals surface area contributed by atoms with Gasteiger partial charge in [0.25, 0.3) is 0 Å². The molecular weight excluding hydrogens is 437 g/mol. The number of benzene rings is 1. The van der Waals surface area contributed by atoms with Crippen LogP contribution in [0.5, 0.6) is 5.75 Å². The topological polar surface area (TPSA) is 118 Å². The number of anilines is 1. The normalized spacial score (nSPS) is 30.5. The Morgan fingerprint density at radius 3 is 2.65 bits per heavy atom. The number of nitrogens with one attached hydrogen (secondary N) is 1. The zero-order chi connectivity index (χ0) is 23.7. The van der Waals surface area contributed by atoms with Crippen LogP contribution in [0, 0.1) is 0 Å². The standard InChI is InChI=1S/C23H28FN9O/c1-22-8-9-23(2,30-22)19(24)17(11-22)33(14-5-6-14)21-25-12-16(26-28-21)15-7-4-13(10-18(15)34)20-27-31-32(3)29-20/h4,7,10,12,14,17,19,30,34H,5-6,8-9,11H2,1-3H3/t17-,19-,22-,23+/m1/s1. The maximum atomic E-state index is 15.8. The van der Waals surface area contributed by atoms with Gasteiger partial charge in [0.15, 0.2) is 0 Å². The number of hydrogen-bond donors (Lipinski definition) is 2. The van der Waals surface area contributed by atoms with Gasteiger partial charge in [-0.2, -0.15) is 4.80 Å². The second-order valence-corrected chi connectivity index (χ2v) is 10.4. The molecule has 1 saturated carbocycles. The average Bonchev–Trinajstić information content (AvgIpc) is 3.48. The first-order chi connectivity index (χ1) is 16.2. The number of alkyl halides is 1. The van der Waals surface area contributed by atoms with Gasteiger partial charge in [0.2, 0.25) is 11.8 Å². The van der Waals surface area contributed by atoms with Crippen LogP contribution in [0.15, 0.2) is 24.4 Å². The van der Waals surface area contributed by atoms with Crippen LogP contribution in [-0.4, -0.2) is 69.8 Å². The Bertz CT molecular complexity index is 1230. The van der Waals surface area contributed by atoms with Crippen LogP contribution in [0.4, 0.5) is 10.3 Å². The molecular formula is C23H28FN9O. The molecule has 2 aliphatic heterocycles. The number of nitrogens with zero attached hydrogens (tertiary/aromatic N) is 8.